The van der Waals surface area contributed by atoms with Crippen LogP contribution in [0, 0.1) is 0 Å². The van der Waals surface area contributed by atoms with Crippen LogP contribution in [0.15, 0.2) is 35.9 Å². The molecule has 1 aromatic rings. The van der Waals surface area contributed by atoms with Gasteiger partial charge in [0.25, 0.3) is 0 Å². The summed E-state index contributed by atoms with van der Waals surface area (Å²) in [5, 5.41) is 0. The van der Waals surface area contributed by atoms with Gasteiger partial charge in [0.1, 0.15) is 0 Å². The summed E-state index contributed by atoms with van der Waals surface area (Å²) in [6.07, 6.45) is 10.1. The lowest BCUT2D eigenvalue weighted by molar-refractivity contribution is 0.514. The van der Waals surface area contributed by atoms with Crippen molar-refractivity contribution in [2.24, 2.45) is 5.73 Å². The number of hydrogen-bond acceptors (Lipinski definition) is 1. The molecule has 0 bridgehead atoms. The summed E-state index contributed by atoms with van der Waals surface area (Å²) in [5.74, 6) is 0.579. The van der Waals surface area contributed by atoms with Crippen LogP contribution in [0.5, 0.6) is 0 Å². The lowest BCUT2D eigenvalue weighted by Gasteiger charge is -2.36. The molecular formula is C16H21N. The molecule has 3 rings (SSSR count). The smallest absolute Gasteiger partial charge is 0.0326 e. The van der Waals surface area contributed by atoms with Crippen molar-refractivity contribution < 1.29 is 0 Å². The predicted molar refractivity (Wildman–Crippen MR) is 72.0 cm³/mol. The van der Waals surface area contributed by atoms with Crippen molar-refractivity contribution >= 4 is 0 Å². The summed E-state index contributed by atoms with van der Waals surface area (Å²) < 4.78 is 0. The fourth-order valence-electron chi connectivity index (χ4n) is 3.22. The number of nitrogens with two attached hydrogens (primary N) is 1. The molecule has 0 heterocycles. The zero-order valence-electron chi connectivity index (χ0n) is 10.4. The highest BCUT2D eigenvalue weighted by Gasteiger charge is 2.32. The second-order valence-electron chi connectivity index (χ2n) is 5.41. The van der Waals surface area contributed by atoms with Gasteiger partial charge < -0.3 is 5.73 Å². The molecule has 0 radical (unpaired) electrons. The number of hydrogen-bond donors (Lipinski definition) is 1. The molecule has 1 aromatic carbocycles. The third-order valence-electron chi connectivity index (χ3n) is 4.33. The molecule has 2 aliphatic rings. The molecular weight excluding hydrogens is 206 g/mol. The topological polar surface area (TPSA) is 26.0 Å². The summed E-state index contributed by atoms with van der Waals surface area (Å²) in [6, 6.07) is 9.02. The minimum atomic E-state index is 0.267. The molecule has 0 fully saturated rings. The van der Waals surface area contributed by atoms with E-state index < -0.39 is 0 Å². The van der Waals surface area contributed by atoms with Crippen LogP contribution < -0.4 is 5.73 Å². The van der Waals surface area contributed by atoms with Gasteiger partial charge in [-0.1, -0.05) is 42.3 Å². The highest BCUT2D eigenvalue weighted by Crippen LogP contribution is 2.39. The van der Waals surface area contributed by atoms with E-state index in [2.05, 4.69) is 30.3 Å². The van der Waals surface area contributed by atoms with Gasteiger partial charge in [-0.25, -0.2) is 0 Å². The summed E-state index contributed by atoms with van der Waals surface area (Å²) in [5.41, 5.74) is 11.0. The Morgan fingerprint density at radius 3 is 2.88 bits per heavy atom. The Labute approximate surface area is 104 Å². The fourth-order valence-corrected chi connectivity index (χ4v) is 3.22. The van der Waals surface area contributed by atoms with Crippen LogP contribution in [-0.2, 0) is 6.42 Å². The highest BCUT2D eigenvalue weighted by molar-refractivity contribution is 5.43. The molecule has 1 heteroatoms. The first kappa shape index (κ1) is 11.0. The van der Waals surface area contributed by atoms with Crippen molar-refractivity contribution in [3.63, 3.8) is 0 Å². The minimum absolute atomic E-state index is 0.267. The lowest BCUT2D eigenvalue weighted by atomic mass is 9.71. The molecule has 0 spiro atoms. The maximum atomic E-state index is 6.47. The second-order valence-corrected chi connectivity index (χ2v) is 5.41. The molecule has 0 amide bonds. The van der Waals surface area contributed by atoms with E-state index in [1.165, 1.54) is 55.2 Å². The highest BCUT2D eigenvalue weighted by atomic mass is 14.7. The second kappa shape index (κ2) is 4.66. The maximum Gasteiger partial charge on any atom is 0.0326 e. The van der Waals surface area contributed by atoms with Crippen LogP contribution in [0.2, 0.25) is 0 Å². The van der Waals surface area contributed by atoms with E-state index >= 15 is 0 Å². The Morgan fingerprint density at radius 2 is 2.00 bits per heavy atom. The SMILES string of the molecule is NC(C1=CCCCCC1)C1Cc2ccccc21. The van der Waals surface area contributed by atoms with Crippen molar-refractivity contribution in [3.05, 3.63) is 47.0 Å². The van der Waals surface area contributed by atoms with E-state index in [9.17, 15) is 0 Å². The number of allylic oxidation sites excluding steroid dienone is 1. The van der Waals surface area contributed by atoms with E-state index in [1.54, 1.807) is 0 Å². The van der Waals surface area contributed by atoms with Crippen molar-refractivity contribution in [3.8, 4) is 0 Å². The average Bonchev–Trinajstić information content (AvgIpc) is 2.59. The molecule has 2 N–H and O–H groups in total. The summed E-state index contributed by atoms with van der Waals surface area (Å²) in [4.78, 5) is 0. The van der Waals surface area contributed by atoms with Crippen LogP contribution in [0.3, 0.4) is 0 Å². The molecule has 0 aliphatic heterocycles. The van der Waals surface area contributed by atoms with E-state index in [1.807, 2.05) is 0 Å². The van der Waals surface area contributed by atoms with Crippen LogP contribution in [0.1, 0.15) is 49.1 Å². The lowest BCUT2D eigenvalue weighted by Crippen LogP contribution is -2.37. The van der Waals surface area contributed by atoms with Gasteiger partial charge in [-0.05, 0) is 43.2 Å². The average molecular weight is 227 g/mol. The minimum Gasteiger partial charge on any atom is -0.324 e. The van der Waals surface area contributed by atoms with Gasteiger partial charge in [0, 0.05) is 12.0 Å². The Morgan fingerprint density at radius 1 is 1.12 bits per heavy atom. The van der Waals surface area contributed by atoms with Gasteiger partial charge in [0.05, 0.1) is 0 Å². The Kier molecular flexibility index (Phi) is 3.02. The quantitative estimate of drug-likeness (QED) is 0.768. The van der Waals surface area contributed by atoms with E-state index in [0.29, 0.717) is 5.92 Å². The van der Waals surface area contributed by atoms with Crippen molar-refractivity contribution in [1.82, 2.24) is 0 Å². The largest absolute Gasteiger partial charge is 0.324 e. The first-order valence-electron chi connectivity index (χ1n) is 6.88. The van der Waals surface area contributed by atoms with Crippen LogP contribution >= 0.6 is 0 Å². The van der Waals surface area contributed by atoms with Gasteiger partial charge in [0.15, 0.2) is 0 Å². The van der Waals surface area contributed by atoms with Crippen molar-refractivity contribution in [2.75, 3.05) is 0 Å². The van der Waals surface area contributed by atoms with Gasteiger partial charge in [0.2, 0.25) is 0 Å². The Hall–Kier alpha value is -1.08. The summed E-state index contributed by atoms with van der Waals surface area (Å²) >= 11 is 0. The number of rotatable bonds is 2. The number of benzene rings is 1. The Balaban J connectivity index is 1.76. The van der Waals surface area contributed by atoms with Crippen molar-refractivity contribution in [2.45, 2.75) is 50.5 Å². The Bertz CT molecular complexity index is 433. The normalized spacial score (nSPS) is 25.2. The summed E-state index contributed by atoms with van der Waals surface area (Å²) in [6.45, 7) is 0. The molecule has 0 saturated heterocycles. The van der Waals surface area contributed by atoms with Gasteiger partial charge >= 0.3 is 0 Å². The molecule has 2 unspecified atom stereocenters. The molecule has 1 nitrogen and oxygen atoms in total. The van der Waals surface area contributed by atoms with Crippen LogP contribution in [0.25, 0.3) is 0 Å². The first-order valence-corrected chi connectivity index (χ1v) is 6.88. The van der Waals surface area contributed by atoms with Crippen molar-refractivity contribution in [1.29, 1.82) is 0 Å². The molecule has 2 aliphatic carbocycles. The maximum absolute atomic E-state index is 6.47. The molecule has 17 heavy (non-hydrogen) atoms. The molecule has 0 aromatic heterocycles. The first-order chi connectivity index (χ1) is 8.36. The van der Waals surface area contributed by atoms with E-state index in [4.69, 9.17) is 5.73 Å². The molecule has 90 valence electrons. The fraction of sp³-hybridized carbons (Fsp3) is 0.500. The molecule has 0 saturated carbocycles. The zero-order chi connectivity index (χ0) is 11.7. The molecule has 2 atom stereocenters. The van der Waals surface area contributed by atoms with E-state index in [0.717, 1.165) is 0 Å². The number of fused-ring (bicyclic) bond motifs is 1. The van der Waals surface area contributed by atoms with Gasteiger partial charge in [-0.3, -0.25) is 0 Å². The van der Waals surface area contributed by atoms with Crippen LogP contribution in [-0.4, -0.2) is 6.04 Å². The summed E-state index contributed by atoms with van der Waals surface area (Å²) in [7, 11) is 0. The van der Waals surface area contributed by atoms with E-state index in [-0.39, 0.29) is 6.04 Å². The van der Waals surface area contributed by atoms with Gasteiger partial charge in [-0.15, -0.1) is 0 Å². The zero-order valence-corrected chi connectivity index (χ0v) is 10.4. The van der Waals surface area contributed by atoms with Gasteiger partial charge in [-0.2, -0.15) is 0 Å². The third-order valence-corrected chi connectivity index (χ3v) is 4.33. The standard InChI is InChI=1S/C16H21N/c17-16(12-7-3-1-2-4-8-12)15-11-13-9-5-6-10-14(13)15/h5-7,9-10,15-16H,1-4,8,11,17H2. The predicted octanol–water partition coefficient (Wildman–Crippen LogP) is 3.54. The third kappa shape index (κ3) is 2.04. The monoisotopic (exact) mass is 227 g/mol. The van der Waals surface area contributed by atoms with Crippen LogP contribution in [0.4, 0.5) is 0 Å².